The minimum absolute atomic E-state index is 0.560. The van der Waals surface area contributed by atoms with Gasteiger partial charge in [0.2, 0.25) is 0 Å². The fourth-order valence-electron chi connectivity index (χ4n) is 0.881. The van der Waals surface area contributed by atoms with Crippen molar-refractivity contribution >= 4 is 17.7 Å². The van der Waals surface area contributed by atoms with E-state index < -0.39 is 5.97 Å². The second-order valence-electron chi connectivity index (χ2n) is 2.54. The first kappa shape index (κ1) is 10.1. The van der Waals surface area contributed by atoms with Crippen molar-refractivity contribution in [2.75, 3.05) is 5.75 Å². The molecule has 0 aliphatic heterocycles. The van der Waals surface area contributed by atoms with E-state index in [1.165, 1.54) is 12.0 Å². The van der Waals surface area contributed by atoms with Crippen LogP contribution in [0.15, 0.2) is 30.3 Å². The Morgan fingerprint density at radius 3 is 2.69 bits per heavy atom. The number of benzene rings is 1. The molecule has 0 fully saturated rings. The smallest absolute Gasteiger partial charge is 0.308 e. The predicted molar refractivity (Wildman–Crippen MR) is 54.5 cm³/mol. The molecule has 1 aromatic carbocycles. The lowest BCUT2D eigenvalue weighted by atomic mass is 10.2. The van der Waals surface area contributed by atoms with Crippen LogP contribution in [-0.2, 0) is 10.5 Å². The van der Waals surface area contributed by atoms with Gasteiger partial charge in [-0.1, -0.05) is 30.3 Å². The van der Waals surface area contributed by atoms with Gasteiger partial charge in [0.15, 0.2) is 0 Å². The summed E-state index contributed by atoms with van der Waals surface area (Å²) in [4.78, 5) is 10.1. The number of carboxylic acid groups (broad SMARTS) is 1. The maximum Gasteiger partial charge on any atom is 0.308 e. The first-order chi connectivity index (χ1) is 6.29. The summed E-state index contributed by atoms with van der Waals surface area (Å²) in [7, 11) is 0. The lowest BCUT2D eigenvalue weighted by Gasteiger charge is -1.98. The predicted octanol–water partition coefficient (Wildman–Crippen LogP) is 2.21. The molecular weight excluding hydrogens is 184 g/mol. The Bertz CT molecular complexity index is 259. The van der Waals surface area contributed by atoms with Crippen LogP contribution in [0.2, 0.25) is 0 Å². The van der Waals surface area contributed by atoms with Gasteiger partial charge >= 0.3 is 5.97 Å². The molecule has 0 aliphatic carbocycles. The molecule has 1 N–H and O–H groups in total. The highest BCUT2D eigenvalue weighted by molar-refractivity contribution is 7.98. The molecule has 0 bridgehead atoms. The summed E-state index contributed by atoms with van der Waals surface area (Å²) in [6.45, 7) is 0. The third-order valence-corrected chi connectivity index (χ3v) is 2.43. The topological polar surface area (TPSA) is 37.3 Å². The van der Waals surface area contributed by atoms with E-state index in [-0.39, 0.29) is 0 Å². The van der Waals surface area contributed by atoms with Gasteiger partial charge in [0.05, 0.1) is 6.42 Å². The molecule has 0 saturated carbocycles. The second-order valence-corrected chi connectivity index (χ2v) is 3.57. The molecule has 1 rings (SSSR count). The van der Waals surface area contributed by atoms with Crippen molar-refractivity contribution in [3.63, 3.8) is 0 Å². The van der Waals surface area contributed by atoms with Gasteiger partial charge in [0, 0.05) is 11.5 Å². The maximum atomic E-state index is 10.1. The van der Waals surface area contributed by atoms with Crippen molar-refractivity contribution < 1.29 is 9.90 Å². The summed E-state index contributed by atoms with van der Waals surface area (Å²) < 4.78 is 0. The van der Waals surface area contributed by atoms with Crippen LogP contribution >= 0.6 is 11.8 Å². The fraction of sp³-hybridized carbons (Fsp3) is 0.200. The Balaban J connectivity index is 2.17. The van der Waals surface area contributed by atoms with E-state index >= 15 is 0 Å². The summed E-state index contributed by atoms with van der Waals surface area (Å²) in [6, 6.07) is 10.0. The first-order valence-electron chi connectivity index (χ1n) is 3.97. The van der Waals surface area contributed by atoms with Gasteiger partial charge in [0.25, 0.3) is 0 Å². The number of aliphatic carboxylic acids is 1. The van der Waals surface area contributed by atoms with Crippen molar-refractivity contribution in [1.82, 2.24) is 0 Å². The normalized spacial score (nSPS) is 9.85. The minimum atomic E-state index is -0.847. The van der Waals surface area contributed by atoms with Crippen molar-refractivity contribution in [3.05, 3.63) is 42.3 Å². The molecular formula is C10H11O2S. The van der Waals surface area contributed by atoms with Crippen LogP contribution in [0.25, 0.3) is 0 Å². The monoisotopic (exact) mass is 195 g/mol. The highest BCUT2D eigenvalue weighted by Gasteiger charge is 1.97. The highest BCUT2D eigenvalue weighted by atomic mass is 32.2. The third-order valence-electron chi connectivity index (χ3n) is 1.49. The summed E-state index contributed by atoms with van der Waals surface area (Å²) in [5, 5.41) is 8.34. The van der Waals surface area contributed by atoms with Gasteiger partial charge in [-0.15, -0.1) is 0 Å². The standard InChI is InChI=1S/C10H11O2S/c11-10(12)6-7-13-8-9-4-2-1-3-5-9/h1-6H,7-8H2,(H,11,12). The van der Waals surface area contributed by atoms with Gasteiger partial charge in [0.1, 0.15) is 0 Å². The fourth-order valence-corrected chi connectivity index (χ4v) is 1.69. The SMILES string of the molecule is O=C(O)[CH]CSCc1ccccc1. The van der Waals surface area contributed by atoms with Crippen molar-refractivity contribution in [1.29, 1.82) is 0 Å². The molecule has 3 heteroatoms. The zero-order valence-corrected chi connectivity index (χ0v) is 7.96. The Hall–Kier alpha value is -0.960. The molecule has 1 aromatic rings. The average molecular weight is 195 g/mol. The van der Waals surface area contributed by atoms with Crippen LogP contribution in [0.5, 0.6) is 0 Å². The molecule has 0 aromatic heterocycles. The van der Waals surface area contributed by atoms with Crippen LogP contribution in [0.1, 0.15) is 5.56 Å². The van der Waals surface area contributed by atoms with Gasteiger partial charge in [-0.2, -0.15) is 11.8 Å². The molecule has 69 valence electrons. The Kier molecular flexibility index (Phi) is 4.40. The van der Waals surface area contributed by atoms with E-state index in [2.05, 4.69) is 0 Å². The molecule has 0 heterocycles. The molecule has 0 unspecified atom stereocenters. The largest absolute Gasteiger partial charge is 0.481 e. The summed E-state index contributed by atoms with van der Waals surface area (Å²) in [5.41, 5.74) is 1.23. The summed E-state index contributed by atoms with van der Waals surface area (Å²) in [5.74, 6) is 0.579. The van der Waals surface area contributed by atoms with Gasteiger partial charge in [-0.05, 0) is 5.56 Å². The van der Waals surface area contributed by atoms with Crippen LogP contribution in [0.3, 0.4) is 0 Å². The summed E-state index contributed by atoms with van der Waals surface area (Å²) in [6.07, 6.45) is 1.27. The van der Waals surface area contributed by atoms with Gasteiger partial charge in [-0.3, -0.25) is 4.79 Å². The molecule has 0 aliphatic rings. The number of thioether (sulfide) groups is 1. The Morgan fingerprint density at radius 2 is 2.08 bits per heavy atom. The number of carboxylic acids is 1. The van der Waals surface area contributed by atoms with E-state index in [0.717, 1.165) is 5.75 Å². The first-order valence-corrected chi connectivity index (χ1v) is 5.12. The van der Waals surface area contributed by atoms with E-state index in [1.807, 2.05) is 30.3 Å². The quantitative estimate of drug-likeness (QED) is 0.732. The molecule has 13 heavy (non-hydrogen) atoms. The average Bonchev–Trinajstić information content (AvgIpc) is 2.14. The third kappa shape index (κ3) is 4.58. The van der Waals surface area contributed by atoms with Gasteiger partial charge < -0.3 is 5.11 Å². The minimum Gasteiger partial charge on any atom is -0.481 e. The summed E-state index contributed by atoms with van der Waals surface area (Å²) >= 11 is 1.60. The van der Waals surface area contributed by atoms with Crippen molar-refractivity contribution in [3.8, 4) is 0 Å². The zero-order valence-electron chi connectivity index (χ0n) is 7.14. The Morgan fingerprint density at radius 1 is 1.38 bits per heavy atom. The number of carbonyl (C=O) groups is 1. The lowest BCUT2D eigenvalue weighted by molar-refractivity contribution is -0.132. The van der Waals surface area contributed by atoms with Gasteiger partial charge in [-0.25, -0.2) is 0 Å². The van der Waals surface area contributed by atoms with Crippen molar-refractivity contribution in [2.45, 2.75) is 5.75 Å². The maximum absolute atomic E-state index is 10.1. The van der Waals surface area contributed by atoms with E-state index in [0.29, 0.717) is 5.75 Å². The van der Waals surface area contributed by atoms with Crippen LogP contribution in [0.4, 0.5) is 0 Å². The molecule has 1 radical (unpaired) electrons. The molecule has 2 nitrogen and oxygen atoms in total. The molecule has 0 atom stereocenters. The van der Waals surface area contributed by atoms with Crippen LogP contribution in [-0.4, -0.2) is 16.8 Å². The number of hydrogen-bond acceptors (Lipinski definition) is 2. The second kappa shape index (κ2) is 5.65. The van der Waals surface area contributed by atoms with Crippen LogP contribution < -0.4 is 0 Å². The number of rotatable bonds is 5. The zero-order chi connectivity index (χ0) is 9.52. The highest BCUT2D eigenvalue weighted by Crippen LogP contribution is 2.11. The molecule has 0 spiro atoms. The lowest BCUT2D eigenvalue weighted by Crippen LogP contribution is -1.97. The molecule has 0 amide bonds. The van der Waals surface area contributed by atoms with E-state index in [1.54, 1.807) is 11.8 Å². The van der Waals surface area contributed by atoms with Crippen LogP contribution in [0, 0.1) is 6.42 Å². The van der Waals surface area contributed by atoms with E-state index in [4.69, 9.17) is 5.11 Å². The van der Waals surface area contributed by atoms with Crippen molar-refractivity contribution in [2.24, 2.45) is 0 Å². The van der Waals surface area contributed by atoms with E-state index in [9.17, 15) is 4.79 Å². The Labute approximate surface area is 82.0 Å². The number of hydrogen-bond donors (Lipinski definition) is 1. The molecule has 0 saturated heterocycles.